The number of nitrogens with two attached hydrogens (primary N) is 1. The fourth-order valence-electron chi connectivity index (χ4n) is 1.81. The molecule has 0 saturated carbocycles. The van der Waals surface area contributed by atoms with Gasteiger partial charge in [0, 0.05) is 16.0 Å². The van der Waals surface area contributed by atoms with E-state index in [4.69, 9.17) is 17.3 Å². The van der Waals surface area contributed by atoms with Crippen molar-refractivity contribution in [1.29, 1.82) is 0 Å². The van der Waals surface area contributed by atoms with Crippen molar-refractivity contribution in [2.45, 2.75) is 18.4 Å². The van der Waals surface area contributed by atoms with Crippen LogP contribution in [-0.2, 0) is 16.6 Å². The smallest absolute Gasteiger partial charge is 0.261 e. The molecule has 0 bridgehead atoms. The SMILES string of the molecule is Cc1ccc(S(=O)(=O)Nc2cc(Cl)ccc2Br)cc1CN. The zero-order valence-corrected chi connectivity index (χ0v) is 14.4. The summed E-state index contributed by atoms with van der Waals surface area (Å²) in [4.78, 5) is 0.167. The van der Waals surface area contributed by atoms with Crippen molar-refractivity contribution in [3.63, 3.8) is 0 Å². The van der Waals surface area contributed by atoms with Crippen LogP contribution in [0.15, 0.2) is 45.8 Å². The molecular weight excluding hydrogens is 376 g/mol. The molecule has 0 atom stereocenters. The highest BCUT2D eigenvalue weighted by Gasteiger charge is 2.17. The number of sulfonamides is 1. The van der Waals surface area contributed by atoms with Gasteiger partial charge in [-0.05, 0) is 64.3 Å². The van der Waals surface area contributed by atoms with E-state index >= 15 is 0 Å². The van der Waals surface area contributed by atoms with Gasteiger partial charge in [0.25, 0.3) is 10.0 Å². The lowest BCUT2D eigenvalue weighted by molar-refractivity contribution is 0.601. The Labute approximate surface area is 137 Å². The third-order valence-corrected chi connectivity index (χ3v) is 5.31. The van der Waals surface area contributed by atoms with Crippen molar-refractivity contribution >= 4 is 43.2 Å². The highest BCUT2D eigenvalue weighted by Crippen LogP contribution is 2.28. The van der Waals surface area contributed by atoms with Crippen LogP contribution < -0.4 is 10.5 Å². The number of hydrogen-bond acceptors (Lipinski definition) is 3. The molecule has 4 nitrogen and oxygen atoms in total. The molecule has 112 valence electrons. The Morgan fingerprint density at radius 1 is 1.24 bits per heavy atom. The first-order chi connectivity index (χ1) is 9.83. The van der Waals surface area contributed by atoms with E-state index in [0.29, 0.717) is 15.2 Å². The largest absolute Gasteiger partial charge is 0.326 e. The zero-order chi connectivity index (χ0) is 15.6. The van der Waals surface area contributed by atoms with E-state index in [1.54, 1.807) is 36.4 Å². The highest BCUT2D eigenvalue weighted by molar-refractivity contribution is 9.10. The van der Waals surface area contributed by atoms with Gasteiger partial charge in [0.1, 0.15) is 0 Å². The fraction of sp³-hybridized carbons (Fsp3) is 0.143. The van der Waals surface area contributed by atoms with E-state index in [0.717, 1.165) is 11.1 Å². The minimum absolute atomic E-state index is 0.167. The second-order valence-electron chi connectivity index (χ2n) is 4.52. The van der Waals surface area contributed by atoms with Gasteiger partial charge in [0.05, 0.1) is 10.6 Å². The Morgan fingerprint density at radius 3 is 2.62 bits per heavy atom. The molecule has 7 heteroatoms. The van der Waals surface area contributed by atoms with Crippen LogP contribution in [0.3, 0.4) is 0 Å². The summed E-state index contributed by atoms with van der Waals surface area (Å²) in [5.41, 5.74) is 7.76. The second kappa shape index (κ2) is 6.36. The van der Waals surface area contributed by atoms with E-state index in [9.17, 15) is 8.42 Å². The summed E-state index contributed by atoms with van der Waals surface area (Å²) in [6, 6.07) is 9.76. The Kier molecular flexibility index (Phi) is 4.93. The minimum atomic E-state index is -3.70. The lowest BCUT2D eigenvalue weighted by atomic mass is 10.1. The van der Waals surface area contributed by atoms with Crippen LogP contribution >= 0.6 is 27.5 Å². The van der Waals surface area contributed by atoms with Gasteiger partial charge < -0.3 is 5.73 Å². The molecule has 0 aromatic heterocycles. The van der Waals surface area contributed by atoms with E-state index < -0.39 is 10.0 Å². The van der Waals surface area contributed by atoms with Crippen LogP contribution in [-0.4, -0.2) is 8.42 Å². The van der Waals surface area contributed by atoms with Crippen LogP contribution in [0.4, 0.5) is 5.69 Å². The topological polar surface area (TPSA) is 72.2 Å². The molecule has 0 saturated heterocycles. The molecule has 2 aromatic rings. The summed E-state index contributed by atoms with van der Waals surface area (Å²) in [6.07, 6.45) is 0. The van der Waals surface area contributed by atoms with Gasteiger partial charge in [0.15, 0.2) is 0 Å². The molecule has 0 aliphatic rings. The molecule has 0 fully saturated rings. The number of benzene rings is 2. The number of anilines is 1. The minimum Gasteiger partial charge on any atom is -0.326 e. The summed E-state index contributed by atoms with van der Waals surface area (Å²) < 4.78 is 28.0. The Balaban J connectivity index is 2.41. The van der Waals surface area contributed by atoms with Crippen molar-refractivity contribution in [1.82, 2.24) is 0 Å². The summed E-state index contributed by atoms with van der Waals surface area (Å²) in [5, 5.41) is 0.447. The molecule has 0 aliphatic heterocycles. The first-order valence-electron chi connectivity index (χ1n) is 6.11. The van der Waals surface area contributed by atoms with Gasteiger partial charge in [-0.25, -0.2) is 8.42 Å². The molecule has 0 unspecified atom stereocenters. The summed E-state index contributed by atoms with van der Waals surface area (Å²) in [6.45, 7) is 2.18. The maximum absolute atomic E-state index is 12.4. The second-order valence-corrected chi connectivity index (χ2v) is 7.50. The first kappa shape index (κ1) is 16.3. The highest BCUT2D eigenvalue weighted by atomic mass is 79.9. The standard InChI is InChI=1S/C14H14BrClN2O2S/c1-9-2-4-12(6-10(9)8-17)21(19,20)18-14-7-11(16)3-5-13(14)15/h2-7,18H,8,17H2,1H3. The molecule has 0 heterocycles. The molecule has 2 aromatic carbocycles. The zero-order valence-electron chi connectivity index (χ0n) is 11.2. The fourth-order valence-corrected chi connectivity index (χ4v) is 3.58. The lowest BCUT2D eigenvalue weighted by Gasteiger charge is -2.12. The van der Waals surface area contributed by atoms with Crippen LogP contribution in [0.5, 0.6) is 0 Å². The van der Waals surface area contributed by atoms with Gasteiger partial charge in [0.2, 0.25) is 0 Å². The number of aryl methyl sites for hydroxylation is 1. The number of nitrogens with one attached hydrogen (secondary N) is 1. The molecule has 0 aliphatic carbocycles. The van der Waals surface area contributed by atoms with Crippen molar-refractivity contribution in [3.05, 3.63) is 57.0 Å². The van der Waals surface area contributed by atoms with E-state index in [1.807, 2.05) is 6.92 Å². The predicted molar refractivity (Wildman–Crippen MR) is 89.0 cm³/mol. The summed E-state index contributed by atoms with van der Waals surface area (Å²) in [5.74, 6) is 0. The van der Waals surface area contributed by atoms with Gasteiger partial charge in [-0.15, -0.1) is 0 Å². The first-order valence-corrected chi connectivity index (χ1v) is 8.76. The number of halogens is 2. The van der Waals surface area contributed by atoms with Crippen LogP contribution in [0.25, 0.3) is 0 Å². The summed E-state index contributed by atoms with van der Waals surface area (Å²) >= 11 is 9.18. The molecule has 0 amide bonds. The third-order valence-electron chi connectivity index (χ3n) is 3.02. The Hall–Kier alpha value is -1.08. The normalized spacial score (nSPS) is 11.4. The molecular formula is C14H14BrClN2O2S. The van der Waals surface area contributed by atoms with Crippen LogP contribution in [0, 0.1) is 6.92 Å². The van der Waals surface area contributed by atoms with Gasteiger partial charge in [-0.1, -0.05) is 17.7 Å². The predicted octanol–water partition coefficient (Wildman–Crippen LogP) is 3.67. The third kappa shape index (κ3) is 3.77. The quantitative estimate of drug-likeness (QED) is 0.838. The number of hydrogen-bond donors (Lipinski definition) is 2. The van der Waals surface area contributed by atoms with Crippen molar-refractivity contribution in [3.8, 4) is 0 Å². The average Bonchev–Trinajstić information content (AvgIpc) is 2.43. The van der Waals surface area contributed by atoms with E-state index in [1.165, 1.54) is 0 Å². The van der Waals surface area contributed by atoms with Crippen molar-refractivity contribution in [2.75, 3.05) is 4.72 Å². The van der Waals surface area contributed by atoms with Gasteiger partial charge >= 0.3 is 0 Å². The molecule has 21 heavy (non-hydrogen) atoms. The van der Waals surface area contributed by atoms with Gasteiger partial charge in [-0.2, -0.15) is 0 Å². The maximum Gasteiger partial charge on any atom is 0.261 e. The summed E-state index contributed by atoms with van der Waals surface area (Å²) in [7, 11) is -3.70. The monoisotopic (exact) mass is 388 g/mol. The average molecular weight is 390 g/mol. The van der Waals surface area contributed by atoms with Crippen molar-refractivity contribution in [2.24, 2.45) is 5.73 Å². The molecule has 3 N–H and O–H groups in total. The molecule has 2 rings (SSSR count). The van der Waals surface area contributed by atoms with Crippen molar-refractivity contribution < 1.29 is 8.42 Å². The number of rotatable bonds is 4. The lowest BCUT2D eigenvalue weighted by Crippen LogP contribution is -2.14. The molecule has 0 radical (unpaired) electrons. The van der Waals surface area contributed by atoms with E-state index in [-0.39, 0.29) is 11.4 Å². The molecule has 0 spiro atoms. The van der Waals surface area contributed by atoms with Crippen LogP contribution in [0.1, 0.15) is 11.1 Å². The van der Waals surface area contributed by atoms with E-state index in [2.05, 4.69) is 20.7 Å². The Bertz CT molecular complexity index is 779. The van der Waals surface area contributed by atoms with Gasteiger partial charge in [-0.3, -0.25) is 4.72 Å². The maximum atomic E-state index is 12.4. The van der Waals surface area contributed by atoms with Crippen LogP contribution in [0.2, 0.25) is 5.02 Å². The Morgan fingerprint density at radius 2 is 1.95 bits per heavy atom.